The summed E-state index contributed by atoms with van der Waals surface area (Å²) >= 11 is 0. The van der Waals surface area contributed by atoms with Gasteiger partial charge in [-0.25, -0.2) is 0 Å². The van der Waals surface area contributed by atoms with Crippen molar-refractivity contribution in [2.24, 2.45) is 22.7 Å². The second-order valence-electron chi connectivity index (χ2n) is 8.64. The van der Waals surface area contributed by atoms with Crippen molar-refractivity contribution in [2.75, 3.05) is 0 Å². The van der Waals surface area contributed by atoms with E-state index >= 15 is 0 Å². The van der Waals surface area contributed by atoms with Crippen molar-refractivity contribution in [2.45, 2.75) is 64.9 Å². The molecule has 3 atom stereocenters. The van der Waals surface area contributed by atoms with Crippen LogP contribution in [0.5, 0.6) is 0 Å². The van der Waals surface area contributed by atoms with E-state index in [9.17, 15) is 5.11 Å². The fourth-order valence-electron chi connectivity index (χ4n) is 6.45. The summed E-state index contributed by atoms with van der Waals surface area (Å²) in [5.74, 6) is 1.75. The van der Waals surface area contributed by atoms with Gasteiger partial charge in [0, 0.05) is 5.41 Å². The average Bonchev–Trinajstić information content (AvgIpc) is 2.44. The van der Waals surface area contributed by atoms with Gasteiger partial charge in [0.2, 0.25) is 0 Å². The molecule has 5 rings (SSSR count). The van der Waals surface area contributed by atoms with Crippen molar-refractivity contribution < 1.29 is 5.11 Å². The molecule has 4 aliphatic rings. The highest BCUT2D eigenvalue weighted by atomic mass is 16.3. The lowest BCUT2D eigenvalue weighted by atomic mass is 9.43. The van der Waals surface area contributed by atoms with E-state index in [-0.39, 0.29) is 11.5 Å². The van der Waals surface area contributed by atoms with Gasteiger partial charge in [0.1, 0.15) is 0 Å². The van der Waals surface area contributed by atoms with Gasteiger partial charge in [-0.15, -0.1) is 0 Å². The summed E-state index contributed by atoms with van der Waals surface area (Å²) in [7, 11) is 0. The largest absolute Gasteiger partial charge is 0.388 e. The Hall–Kier alpha value is -0.820. The van der Waals surface area contributed by atoms with Crippen LogP contribution < -0.4 is 0 Å². The Bertz CT molecular complexity index is 533. The molecule has 1 nitrogen and oxygen atoms in total. The molecule has 4 bridgehead atoms. The first-order valence-electron chi connectivity index (χ1n) is 8.79. The molecule has 114 valence electrons. The number of hydrogen-bond acceptors (Lipinski definition) is 1. The standard InChI is InChI=1S/C20H28O/c1-3-14-5-4-6-17(8-14)18(21)20-11-15-7-16(12-20)10-19(2,9-15)13-20/h4-6,8,15-16,18,21H,3,7,9-13H2,1-2H3. The van der Waals surface area contributed by atoms with E-state index in [2.05, 4.69) is 38.1 Å². The molecule has 4 aliphatic carbocycles. The molecule has 0 aliphatic heterocycles. The number of hydrogen-bond donors (Lipinski definition) is 1. The summed E-state index contributed by atoms with van der Waals surface area (Å²) in [6, 6.07) is 8.69. The van der Waals surface area contributed by atoms with Gasteiger partial charge >= 0.3 is 0 Å². The highest BCUT2D eigenvalue weighted by Gasteiger charge is 2.58. The minimum atomic E-state index is -0.255. The van der Waals surface area contributed by atoms with Crippen LogP contribution in [0.1, 0.15) is 69.6 Å². The summed E-state index contributed by atoms with van der Waals surface area (Å²) in [5.41, 5.74) is 3.20. The fourth-order valence-corrected chi connectivity index (χ4v) is 6.45. The molecular formula is C20H28O. The SMILES string of the molecule is CCc1cccc(C(O)C23CC4CC(CC(C)(C4)C2)C3)c1. The predicted octanol–water partition coefficient (Wildman–Crippen LogP) is 4.89. The number of aliphatic hydroxyl groups is 1. The molecular weight excluding hydrogens is 256 g/mol. The Kier molecular flexibility index (Phi) is 3.02. The van der Waals surface area contributed by atoms with Gasteiger partial charge in [-0.2, -0.15) is 0 Å². The third-order valence-corrected chi connectivity index (χ3v) is 6.65. The highest BCUT2D eigenvalue weighted by molar-refractivity contribution is 5.28. The van der Waals surface area contributed by atoms with Gasteiger partial charge in [-0.05, 0) is 73.3 Å². The molecule has 4 fully saturated rings. The Morgan fingerprint density at radius 1 is 1.19 bits per heavy atom. The van der Waals surface area contributed by atoms with E-state index in [1.807, 2.05) is 0 Å². The van der Waals surface area contributed by atoms with Gasteiger partial charge in [0.15, 0.2) is 0 Å². The zero-order chi connectivity index (χ0) is 14.7. The smallest absolute Gasteiger partial charge is 0.0846 e. The van der Waals surface area contributed by atoms with E-state index in [0.29, 0.717) is 5.41 Å². The minimum absolute atomic E-state index is 0.172. The maximum Gasteiger partial charge on any atom is 0.0846 e. The predicted molar refractivity (Wildman–Crippen MR) is 86.0 cm³/mol. The molecule has 4 saturated carbocycles. The lowest BCUT2D eigenvalue weighted by molar-refractivity contribution is -0.155. The minimum Gasteiger partial charge on any atom is -0.388 e. The molecule has 1 heteroatoms. The maximum absolute atomic E-state index is 11.2. The Balaban J connectivity index is 1.68. The average molecular weight is 284 g/mol. The van der Waals surface area contributed by atoms with Crippen LogP contribution in [-0.4, -0.2) is 5.11 Å². The molecule has 1 aromatic rings. The Morgan fingerprint density at radius 3 is 2.52 bits per heavy atom. The van der Waals surface area contributed by atoms with Crippen LogP contribution >= 0.6 is 0 Å². The lowest BCUT2D eigenvalue weighted by Gasteiger charge is -2.62. The Morgan fingerprint density at radius 2 is 1.90 bits per heavy atom. The summed E-state index contributed by atoms with van der Waals surface area (Å²) in [6.07, 6.45) is 8.81. The van der Waals surface area contributed by atoms with E-state index in [1.165, 1.54) is 49.7 Å². The quantitative estimate of drug-likeness (QED) is 0.838. The normalized spacial score (nSPS) is 42.2. The number of benzene rings is 1. The van der Waals surface area contributed by atoms with E-state index in [0.717, 1.165) is 18.3 Å². The summed E-state index contributed by atoms with van der Waals surface area (Å²) in [4.78, 5) is 0. The van der Waals surface area contributed by atoms with Crippen molar-refractivity contribution >= 4 is 0 Å². The molecule has 1 aromatic carbocycles. The van der Waals surface area contributed by atoms with E-state index in [1.54, 1.807) is 0 Å². The first-order chi connectivity index (χ1) is 10.0. The maximum atomic E-state index is 11.2. The number of aryl methyl sites for hydroxylation is 1. The van der Waals surface area contributed by atoms with Crippen LogP contribution in [0.2, 0.25) is 0 Å². The zero-order valence-corrected chi connectivity index (χ0v) is 13.4. The zero-order valence-electron chi connectivity index (χ0n) is 13.4. The molecule has 0 amide bonds. The monoisotopic (exact) mass is 284 g/mol. The fraction of sp³-hybridized carbons (Fsp3) is 0.700. The molecule has 0 spiro atoms. The molecule has 1 N–H and O–H groups in total. The van der Waals surface area contributed by atoms with Crippen LogP contribution in [0.3, 0.4) is 0 Å². The molecule has 0 saturated heterocycles. The van der Waals surface area contributed by atoms with Crippen LogP contribution in [0.25, 0.3) is 0 Å². The van der Waals surface area contributed by atoms with Crippen LogP contribution in [-0.2, 0) is 6.42 Å². The van der Waals surface area contributed by atoms with Gasteiger partial charge in [0.25, 0.3) is 0 Å². The van der Waals surface area contributed by atoms with Crippen molar-refractivity contribution in [1.82, 2.24) is 0 Å². The van der Waals surface area contributed by atoms with Gasteiger partial charge < -0.3 is 5.11 Å². The van der Waals surface area contributed by atoms with Crippen molar-refractivity contribution in [3.63, 3.8) is 0 Å². The van der Waals surface area contributed by atoms with Gasteiger partial charge in [-0.3, -0.25) is 0 Å². The van der Waals surface area contributed by atoms with Crippen LogP contribution in [0.15, 0.2) is 24.3 Å². The van der Waals surface area contributed by atoms with Crippen molar-refractivity contribution in [3.8, 4) is 0 Å². The highest BCUT2D eigenvalue weighted by Crippen LogP contribution is 2.68. The summed E-state index contributed by atoms with van der Waals surface area (Å²) in [6.45, 7) is 4.67. The first kappa shape index (κ1) is 13.8. The molecule has 21 heavy (non-hydrogen) atoms. The summed E-state index contributed by atoms with van der Waals surface area (Å²) in [5, 5.41) is 11.2. The molecule has 3 unspecified atom stereocenters. The molecule has 0 aromatic heterocycles. The van der Waals surface area contributed by atoms with E-state index in [4.69, 9.17) is 0 Å². The third-order valence-electron chi connectivity index (χ3n) is 6.65. The van der Waals surface area contributed by atoms with Gasteiger partial charge in [-0.1, -0.05) is 38.1 Å². The topological polar surface area (TPSA) is 20.2 Å². The molecule has 0 heterocycles. The first-order valence-corrected chi connectivity index (χ1v) is 8.79. The Labute approximate surface area is 128 Å². The molecule has 0 radical (unpaired) electrons. The number of rotatable bonds is 3. The van der Waals surface area contributed by atoms with Crippen LogP contribution in [0, 0.1) is 22.7 Å². The van der Waals surface area contributed by atoms with Crippen LogP contribution in [0.4, 0.5) is 0 Å². The van der Waals surface area contributed by atoms with Crippen molar-refractivity contribution in [1.29, 1.82) is 0 Å². The van der Waals surface area contributed by atoms with Crippen molar-refractivity contribution in [3.05, 3.63) is 35.4 Å². The lowest BCUT2D eigenvalue weighted by Crippen LogP contribution is -2.53. The third kappa shape index (κ3) is 2.16. The van der Waals surface area contributed by atoms with E-state index < -0.39 is 0 Å². The second kappa shape index (κ2) is 4.59. The summed E-state index contributed by atoms with van der Waals surface area (Å²) < 4.78 is 0. The number of aliphatic hydroxyl groups excluding tert-OH is 1. The van der Waals surface area contributed by atoms with Gasteiger partial charge in [0.05, 0.1) is 6.10 Å². The second-order valence-corrected chi connectivity index (χ2v) is 8.64.